The molecule has 4 aromatic rings. The predicted octanol–water partition coefficient (Wildman–Crippen LogP) is 4.80. The van der Waals surface area contributed by atoms with Gasteiger partial charge in [-0.1, -0.05) is 13.3 Å². The zero-order chi connectivity index (χ0) is 21.4. The number of carbonyl (C=O) groups excluding carboxylic acids is 1. The second kappa shape index (κ2) is 7.82. The highest BCUT2D eigenvalue weighted by Crippen LogP contribution is 2.30. The number of fused-ring (bicyclic) bond motifs is 2. The Balaban J connectivity index is 1.88. The topological polar surface area (TPSA) is 88.0 Å². The van der Waals surface area contributed by atoms with E-state index in [1.165, 1.54) is 7.11 Å². The molecule has 30 heavy (non-hydrogen) atoms. The minimum atomic E-state index is -0.363. The van der Waals surface area contributed by atoms with Crippen molar-refractivity contribution in [2.24, 2.45) is 0 Å². The van der Waals surface area contributed by atoms with Gasteiger partial charge in [0.1, 0.15) is 5.82 Å². The largest absolute Gasteiger partial charge is 0.465 e. The van der Waals surface area contributed by atoms with Crippen LogP contribution in [0.4, 0.5) is 5.95 Å². The zero-order valence-corrected chi connectivity index (χ0v) is 17.8. The van der Waals surface area contributed by atoms with Crippen LogP contribution in [0.1, 0.15) is 50.0 Å². The number of aryl methyl sites for hydroxylation is 1. The Bertz CT molecular complexity index is 1240. The zero-order valence-electron chi connectivity index (χ0n) is 17.8. The molecule has 0 saturated heterocycles. The van der Waals surface area contributed by atoms with Crippen LogP contribution in [-0.2, 0) is 11.3 Å². The number of unbranched alkanes of at least 4 members (excludes halogenated alkanes) is 1. The van der Waals surface area contributed by atoms with Gasteiger partial charge in [-0.25, -0.2) is 14.8 Å². The van der Waals surface area contributed by atoms with E-state index in [2.05, 4.69) is 42.5 Å². The highest BCUT2D eigenvalue weighted by atomic mass is 16.5. The number of benzene rings is 2. The summed E-state index contributed by atoms with van der Waals surface area (Å²) in [6.45, 7) is 7.20. The molecule has 2 N–H and O–H groups in total. The first-order valence-electron chi connectivity index (χ1n) is 10.3. The van der Waals surface area contributed by atoms with Gasteiger partial charge in [0.15, 0.2) is 0 Å². The Morgan fingerprint density at radius 3 is 2.53 bits per heavy atom. The molecule has 0 radical (unpaired) electrons. The summed E-state index contributed by atoms with van der Waals surface area (Å²) < 4.78 is 9.10. The first kappa shape index (κ1) is 19.9. The number of rotatable bonds is 6. The van der Waals surface area contributed by atoms with E-state index >= 15 is 0 Å². The molecule has 0 bridgehead atoms. The standard InChI is InChI=1S/C23H27N5O2/c1-5-6-11-27-19-9-8-16(22(29)30-4)13-17(19)25-21(27)15-7-10-20-18(12-15)26-23(24)28(20)14(2)3/h7-10,12-14H,5-6,11H2,1-4H3,(H2,24,26). The average Bonchev–Trinajstić information content (AvgIpc) is 3.26. The van der Waals surface area contributed by atoms with Gasteiger partial charge in [0.25, 0.3) is 0 Å². The Labute approximate surface area is 175 Å². The molecule has 7 heteroatoms. The smallest absolute Gasteiger partial charge is 0.337 e. The third kappa shape index (κ3) is 3.30. The summed E-state index contributed by atoms with van der Waals surface area (Å²) in [7, 11) is 1.38. The summed E-state index contributed by atoms with van der Waals surface area (Å²) in [5.41, 5.74) is 11.2. The molecule has 0 unspecified atom stereocenters. The molecule has 0 atom stereocenters. The number of ether oxygens (including phenoxy) is 1. The molecule has 0 spiro atoms. The van der Waals surface area contributed by atoms with E-state index in [0.717, 1.165) is 52.8 Å². The van der Waals surface area contributed by atoms with Crippen LogP contribution in [0.2, 0.25) is 0 Å². The first-order chi connectivity index (χ1) is 14.4. The maximum atomic E-state index is 11.9. The monoisotopic (exact) mass is 405 g/mol. The molecule has 4 rings (SSSR count). The second-order valence-electron chi connectivity index (χ2n) is 7.77. The van der Waals surface area contributed by atoms with Crippen molar-refractivity contribution in [3.8, 4) is 11.4 Å². The van der Waals surface area contributed by atoms with Gasteiger partial charge in [-0.05, 0) is 56.7 Å². The van der Waals surface area contributed by atoms with E-state index in [1.807, 2.05) is 16.7 Å². The number of methoxy groups -OCH3 is 1. The number of nitrogens with two attached hydrogens (primary N) is 1. The maximum Gasteiger partial charge on any atom is 0.337 e. The highest BCUT2D eigenvalue weighted by molar-refractivity contribution is 5.94. The van der Waals surface area contributed by atoms with E-state index in [1.54, 1.807) is 12.1 Å². The number of aromatic nitrogens is 4. The van der Waals surface area contributed by atoms with Gasteiger partial charge < -0.3 is 19.6 Å². The van der Waals surface area contributed by atoms with Crippen molar-refractivity contribution in [3.63, 3.8) is 0 Å². The first-order valence-corrected chi connectivity index (χ1v) is 10.3. The summed E-state index contributed by atoms with van der Waals surface area (Å²) in [5.74, 6) is 1.01. The number of nitrogen functional groups attached to an aromatic ring is 1. The molecule has 0 aliphatic rings. The van der Waals surface area contributed by atoms with Gasteiger partial charge >= 0.3 is 5.97 Å². The molecule has 0 amide bonds. The predicted molar refractivity (Wildman–Crippen MR) is 120 cm³/mol. The minimum absolute atomic E-state index is 0.228. The maximum absolute atomic E-state index is 11.9. The van der Waals surface area contributed by atoms with E-state index in [-0.39, 0.29) is 12.0 Å². The number of hydrogen-bond donors (Lipinski definition) is 1. The normalized spacial score (nSPS) is 11.6. The number of nitrogens with zero attached hydrogens (tertiary/aromatic N) is 4. The van der Waals surface area contributed by atoms with Crippen molar-refractivity contribution < 1.29 is 9.53 Å². The summed E-state index contributed by atoms with van der Waals surface area (Å²) in [6, 6.07) is 11.9. The number of imidazole rings is 2. The molecule has 0 aliphatic heterocycles. The van der Waals surface area contributed by atoms with E-state index < -0.39 is 0 Å². The quantitative estimate of drug-likeness (QED) is 0.465. The number of anilines is 1. The van der Waals surface area contributed by atoms with Crippen LogP contribution in [0, 0.1) is 0 Å². The lowest BCUT2D eigenvalue weighted by Crippen LogP contribution is -2.05. The molecule has 0 saturated carbocycles. The molecule has 0 fully saturated rings. The van der Waals surface area contributed by atoms with E-state index in [4.69, 9.17) is 15.5 Å². The number of hydrogen-bond acceptors (Lipinski definition) is 5. The summed E-state index contributed by atoms with van der Waals surface area (Å²) in [4.78, 5) is 21.4. The van der Waals surface area contributed by atoms with Crippen molar-refractivity contribution in [2.45, 2.75) is 46.2 Å². The number of carbonyl (C=O) groups is 1. The molecule has 156 valence electrons. The van der Waals surface area contributed by atoms with Crippen LogP contribution in [-0.4, -0.2) is 32.2 Å². The Kier molecular flexibility index (Phi) is 5.20. The third-order valence-electron chi connectivity index (χ3n) is 5.40. The van der Waals surface area contributed by atoms with Crippen LogP contribution in [0.15, 0.2) is 36.4 Å². The van der Waals surface area contributed by atoms with Gasteiger partial charge in [-0.2, -0.15) is 0 Å². The molecule has 2 heterocycles. The lowest BCUT2D eigenvalue weighted by atomic mass is 10.1. The van der Waals surface area contributed by atoms with Crippen LogP contribution in [0.25, 0.3) is 33.5 Å². The van der Waals surface area contributed by atoms with Crippen molar-refractivity contribution in [1.29, 1.82) is 0 Å². The van der Waals surface area contributed by atoms with Crippen molar-refractivity contribution in [3.05, 3.63) is 42.0 Å². The van der Waals surface area contributed by atoms with Gasteiger partial charge in [-0.3, -0.25) is 0 Å². The minimum Gasteiger partial charge on any atom is -0.465 e. The molecular formula is C23H27N5O2. The van der Waals surface area contributed by atoms with Crippen LogP contribution in [0.3, 0.4) is 0 Å². The van der Waals surface area contributed by atoms with Gasteiger partial charge in [-0.15, -0.1) is 0 Å². The van der Waals surface area contributed by atoms with Crippen LogP contribution < -0.4 is 5.73 Å². The lowest BCUT2D eigenvalue weighted by molar-refractivity contribution is 0.0601. The summed E-state index contributed by atoms with van der Waals surface area (Å²) in [5, 5.41) is 0. The van der Waals surface area contributed by atoms with Gasteiger partial charge in [0, 0.05) is 18.2 Å². The van der Waals surface area contributed by atoms with Crippen molar-refractivity contribution in [1.82, 2.24) is 19.1 Å². The SMILES string of the molecule is CCCCn1c(-c2ccc3c(c2)nc(N)n3C(C)C)nc2cc(C(=O)OC)ccc21. The van der Waals surface area contributed by atoms with E-state index in [0.29, 0.717) is 11.5 Å². The van der Waals surface area contributed by atoms with Crippen LogP contribution in [0.5, 0.6) is 0 Å². The molecule has 7 nitrogen and oxygen atoms in total. The fourth-order valence-electron chi connectivity index (χ4n) is 3.94. The highest BCUT2D eigenvalue weighted by Gasteiger charge is 2.17. The van der Waals surface area contributed by atoms with Gasteiger partial charge in [0.2, 0.25) is 5.95 Å². The Morgan fingerprint density at radius 2 is 1.83 bits per heavy atom. The molecule has 0 aliphatic carbocycles. The third-order valence-corrected chi connectivity index (χ3v) is 5.40. The summed E-state index contributed by atoms with van der Waals surface area (Å²) >= 11 is 0. The Morgan fingerprint density at radius 1 is 1.10 bits per heavy atom. The average molecular weight is 406 g/mol. The van der Waals surface area contributed by atoms with Crippen molar-refractivity contribution >= 4 is 34.0 Å². The fraction of sp³-hybridized carbons (Fsp3) is 0.348. The fourth-order valence-corrected chi connectivity index (χ4v) is 3.94. The Hall–Kier alpha value is -3.35. The number of esters is 1. The molecule has 2 aromatic heterocycles. The second-order valence-corrected chi connectivity index (χ2v) is 7.77. The van der Waals surface area contributed by atoms with Crippen molar-refractivity contribution in [2.75, 3.05) is 12.8 Å². The molecular weight excluding hydrogens is 378 g/mol. The lowest BCUT2D eigenvalue weighted by Gasteiger charge is -2.11. The van der Waals surface area contributed by atoms with Gasteiger partial charge in [0.05, 0.1) is 34.7 Å². The molecule has 2 aromatic carbocycles. The summed E-state index contributed by atoms with van der Waals surface area (Å²) in [6.07, 6.45) is 2.11. The van der Waals surface area contributed by atoms with Crippen LogP contribution >= 0.6 is 0 Å². The van der Waals surface area contributed by atoms with E-state index in [9.17, 15) is 4.79 Å².